The van der Waals surface area contributed by atoms with E-state index in [4.69, 9.17) is 0 Å². The Balaban J connectivity index is 1.82. The van der Waals surface area contributed by atoms with E-state index in [2.05, 4.69) is 15.9 Å². The number of carbonyl (C=O) groups is 1. The lowest BCUT2D eigenvalue weighted by molar-refractivity contribution is -0.384. The van der Waals surface area contributed by atoms with Crippen molar-refractivity contribution in [3.05, 3.63) is 74.2 Å². The Morgan fingerprint density at radius 1 is 1.13 bits per heavy atom. The first-order valence-electron chi connectivity index (χ1n) is 7.18. The molecule has 0 saturated heterocycles. The summed E-state index contributed by atoms with van der Waals surface area (Å²) in [5.74, 6) is -0.512. The molecule has 23 heavy (non-hydrogen) atoms. The Kier molecular flexibility index (Phi) is 4.28. The predicted molar refractivity (Wildman–Crippen MR) is 88.1 cm³/mol. The molecule has 3 atom stereocenters. The number of rotatable bonds is 4. The van der Waals surface area contributed by atoms with Crippen LogP contribution in [-0.4, -0.2) is 15.8 Å². The molecule has 0 aliphatic heterocycles. The van der Waals surface area contributed by atoms with Crippen molar-refractivity contribution in [1.82, 2.24) is 0 Å². The number of nitro groups is 1. The van der Waals surface area contributed by atoms with Gasteiger partial charge in [-0.1, -0.05) is 28.1 Å². The zero-order valence-electron chi connectivity index (χ0n) is 12.1. The Hall–Kier alpha value is -2.05. The van der Waals surface area contributed by atoms with Crippen LogP contribution in [-0.2, 0) is 4.79 Å². The maximum atomic E-state index is 12.0. The van der Waals surface area contributed by atoms with Crippen LogP contribution < -0.4 is 0 Å². The van der Waals surface area contributed by atoms with E-state index in [1.165, 1.54) is 24.3 Å². The monoisotopic (exact) mass is 375 g/mol. The molecule has 2 aromatic carbocycles. The van der Waals surface area contributed by atoms with Crippen molar-refractivity contribution >= 4 is 27.4 Å². The summed E-state index contributed by atoms with van der Waals surface area (Å²) in [7, 11) is 0. The molecular weight excluding hydrogens is 362 g/mol. The molecule has 1 aliphatic carbocycles. The number of aliphatic hydroxyl groups excluding tert-OH is 1. The van der Waals surface area contributed by atoms with Crippen LogP contribution in [0.25, 0.3) is 0 Å². The summed E-state index contributed by atoms with van der Waals surface area (Å²) in [5.41, 5.74) is 1.50. The summed E-state index contributed by atoms with van der Waals surface area (Å²) in [4.78, 5) is 22.2. The highest BCUT2D eigenvalue weighted by atomic mass is 79.9. The molecule has 2 aromatic rings. The van der Waals surface area contributed by atoms with Crippen LogP contribution in [0.4, 0.5) is 5.69 Å². The molecule has 1 saturated carbocycles. The maximum Gasteiger partial charge on any atom is 0.269 e. The number of benzene rings is 2. The average molecular weight is 376 g/mol. The zero-order chi connectivity index (χ0) is 16.6. The van der Waals surface area contributed by atoms with Crippen LogP contribution in [0.3, 0.4) is 0 Å². The van der Waals surface area contributed by atoms with Crippen molar-refractivity contribution in [2.45, 2.75) is 18.4 Å². The van der Waals surface area contributed by atoms with Gasteiger partial charge in [-0.3, -0.25) is 14.9 Å². The lowest BCUT2D eigenvalue weighted by Gasteiger charge is -2.38. The molecule has 0 unspecified atom stereocenters. The normalized spacial score (nSPS) is 21.6. The number of aliphatic hydroxyl groups is 1. The second kappa shape index (κ2) is 6.22. The van der Waals surface area contributed by atoms with Crippen molar-refractivity contribution in [2.75, 3.05) is 0 Å². The SMILES string of the molecule is O=C1C[C@H](c2ccc(Br)cc2)[C@H]1[C@@H](O)c1ccc([N+](=O)[O-])cc1. The molecule has 1 fully saturated rings. The van der Waals surface area contributed by atoms with Gasteiger partial charge in [0.1, 0.15) is 5.78 Å². The van der Waals surface area contributed by atoms with Gasteiger partial charge in [0.05, 0.1) is 16.9 Å². The quantitative estimate of drug-likeness (QED) is 0.651. The Morgan fingerprint density at radius 3 is 2.26 bits per heavy atom. The first-order valence-corrected chi connectivity index (χ1v) is 7.97. The highest BCUT2D eigenvalue weighted by Crippen LogP contribution is 2.46. The Bertz CT molecular complexity index is 742. The van der Waals surface area contributed by atoms with Gasteiger partial charge in [-0.25, -0.2) is 0 Å². The third kappa shape index (κ3) is 3.04. The smallest absolute Gasteiger partial charge is 0.269 e. The molecule has 0 amide bonds. The third-order valence-corrected chi connectivity index (χ3v) is 4.84. The van der Waals surface area contributed by atoms with Crippen LogP contribution >= 0.6 is 15.9 Å². The zero-order valence-corrected chi connectivity index (χ0v) is 13.6. The second-order valence-electron chi connectivity index (χ2n) is 5.65. The fourth-order valence-electron chi connectivity index (χ4n) is 2.98. The Morgan fingerprint density at radius 2 is 1.74 bits per heavy atom. The van der Waals surface area contributed by atoms with Crippen LogP contribution in [0.1, 0.15) is 29.6 Å². The number of halogens is 1. The number of ketones is 1. The molecule has 0 bridgehead atoms. The molecule has 1 N–H and O–H groups in total. The van der Waals surface area contributed by atoms with E-state index in [0.717, 1.165) is 10.0 Å². The molecular formula is C17H14BrNO4. The molecule has 0 spiro atoms. The largest absolute Gasteiger partial charge is 0.388 e. The fourth-order valence-corrected chi connectivity index (χ4v) is 3.24. The van der Waals surface area contributed by atoms with Gasteiger partial charge >= 0.3 is 0 Å². The van der Waals surface area contributed by atoms with E-state index in [-0.39, 0.29) is 17.4 Å². The number of hydrogen-bond donors (Lipinski definition) is 1. The number of carbonyl (C=O) groups excluding carboxylic acids is 1. The van der Waals surface area contributed by atoms with E-state index in [9.17, 15) is 20.0 Å². The van der Waals surface area contributed by atoms with E-state index < -0.39 is 16.9 Å². The summed E-state index contributed by atoms with van der Waals surface area (Å²) < 4.78 is 0.958. The molecule has 0 radical (unpaired) electrons. The van der Waals surface area contributed by atoms with Gasteiger partial charge in [0, 0.05) is 28.9 Å². The van der Waals surface area contributed by atoms with E-state index in [1.807, 2.05) is 24.3 Å². The summed E-state index contributed by atoms with van der Waals surface area (Å²) in [6.45, 7) is 0. The van der Waals surface area contributed by atoms with Gasteiger partial charge in [-0.2, -0.15) is 0 Å². The minimum absolute atomic E-state index is 0.0174. The van der Waals surface area contributed by atoms with Gasteiger partial charge < -0.3 is 5.11 Å². The molecule has 0 heterocycles. The molecule has 3 rings (SSSR count). The molecule has 6 heteroatoms. The van der Waals surface area contributed by atoms with Gasteiger partial charge in [-0.15, -0.1) is 0 Å². The minimum Gasteiger partial charge on any atom is -0.388 e. The summed E-state index contributed by atoms with van der Waals surface area (Å²) in [6, 6.07) is 13.4. The number of non-ortho nitro benzene ring substituents is 1. The first-order chi connectivity index (χ1) is 11.0. The average Bonchev–Trinajstić information content (AvgIpc) is 2.53. The van der Waals surface area contributed by atoms with Crippen LogP contribution in [0.5, 0.6) is 0 Å². The van der Waals surface area contributed by atoms with E-state index in [0.29, 0.717) is 12.0 Å². The number of Topliss-reactive ketones (excluding diaryl/α,β-unsaturated/α-hetero) is 1. The highest BCUT2D eigenvalue weighted by Gasteiger charge is 2.45. The van der Waals surface area contributed by atoms with Crippen molar-refractivity contribution in [2.24, 2.45) is 5.92 Å². The topological polar surface area (TPSA) is 80.4 Å². The van der Waals surface area contributed by atoms with Crippen LogP contribution in [0.2, 0.25) is 0 Å². The predicted octanol–water partition coefficient (Wildman–Crippen LogP) is 3.76. The molecule has 1 aliphatic rings. The minimum atomic E-state index is -0.953. The van der Waals surface area contributed by atoms with Crippen molar-refractivity contribution in [3.8, 4) is 0 Å². The van der Waals surface area contributed by atoms with Gasteiger partial charge in [-0.05, 0) is 35.4 Å². The van der Waals surface area contributed by atoms with Crippen LogP contribution in [0.15, 0.2) is 53.0 Å². The molecule has 0 aromatic heterocycles. The summed E-state index contributed by atoms with van der Waals surface area (Å²) in [5, 5.41) is 21.2. The molecule has 5 nitrogen and oxygen atoms in total. The Labute approximate surface area is 141 Å². The number of nitro benzene ring substituents is 1. The lowest BCUT2D eigenvalue weighted by Crippen LogP contribution is -2.39. The maximum absolute atomic E-state index is 12.0. The van der Waals surface area contributed by atoms with Gasteiger partial charge in [0.2, 0.25) is 0 Å². The third-order valence-electron chi connectivity index (χ3n) is 4.31. The van der Waals surface area contributed by atoms with E-state index >= 15 is 0 Å². The van der Waals surface area contributed by atoms with Gasteiger partial charge in [0.15, 0.2) is 0 Å². The van der Waals surface area contributed by atoms with Crippen molar-refractivity contribution in [3.63, 3.8) is 0 Å². The van der Waals surface area contributed by atoms with Gasteiger partial charge in [0.25, 0.3) is 5.69 Å². The lowest BCUT2D eigenvalue weighted by atomic mass is 9.65. The number of hydrogen-bond acceptors (Lipinski definition) is 4. The first kappa shape index (κ1) is 15.8. The van der Waals surface area contributed by atoms with Crippen molar-refractivity contribution < 1.29 is 14.8 Å². The summed E-state index contributed by atoms with van der Waals surface area (Å²) >= 11 is 3.37. The molecule has 118 valence electrons. The fraction of sp³-hybridized carbons (Fsp3) is 0.235. The standard InChI is InChI=1S/C17H14BrNO4/c18-12-5-1-10(2-6-12)14-9-15(20)16(14)17(21)11-3-7-13(8-4-11)19(22)23/h1-8,14,16-17,21H,9H2/t14-,16-,17+/m1/s1. The summed E-state index contributed by atoms with van der Waals surface area (Å²) in [6.07, 6.45) is -0.540. The van der Waals surface area contributed by atoms with Crippen molar-refractivity contribution in [1.29, 1.82) is 0 Å². The van der Waals surface area contributed by atoms with Crippen LogP contribution in [0, 0.1) is 16.0 Å². The highest BCUT2D eigenvalue weighted by molar-refractivity contribution is 9.10. The number of nitrogens with zero attached hydrogens (tertiary/aromatic N) is 1. The van der Waals surface area contributed by atoms with E-state index in [1.54, 1.807) is 0 Å². The second-order valence-corrected chi connectivity index (χ2v) is 6.56.